The summed E-state index contributed by atoms with van der Waals surface area (Å²) < 4.78 is 0. The number of carbonyl (C=O) groups is 1. The lowest BCUT2D eigenvalue weighted by molar-refractivity contribution is 0.0952. The molecule has 0 radical (unpaired) electrons. The molecule has 20 heavy (non-hydrogen) atoms. The third-order valence-corrected chi connectivity index (χ3v) is 3.05. The first-order valence-corrected chi connectivity index (χ1v) is 6.62. The van der Waals surface area contributed by atoms with Crippen molar-refractivity contribution in [1.82, 2.24) is 15.2 Å². The van der Waals surface area contributed by atoms with Gasteiger partial charge in [0.1, 0.15) is 0 Å². The maximum absolute atomic E-state index is 12.0. The normalized spacial score (nSPS) is 10.9. The van der Waals surface area contributed by atoms with Crippen molar-refractivity contribution in [1.29, 1.82) is 0 Å². The standard InChI is InChI=1S/C15H19N3O2/c1-18(2)9-3-8-16-15(20)12-4-6-13-11(10-12)5-7-14(19)17-13/h4-7,10H,3,8-9H2,1-2H3,(H,16,20)(H,17,19). The Labute approximate surface area is 117 Å². The van der Waals surface area contributed by atoms with E-state index in [2.05, 4.69) is 15.2 Å². The number of hydrogen-bond donors (Lipinski definition) is 2. The molecule has 0 fully saturated rings. The van der Waals surface area contributed by atoms with Crippen LogP contribution in [0.15, 0.2) is 35.1 Å². The summed E-state index contributed by atoms with van der Waals surface area (Å²) in [5.41, 5.74) is 1.20. The Kier molecular flexibility index (Phi) is 4.53. The van der Waals surface area contributed by atoms with Crippen molar-refractivity contribution in [2.75, 3.05) is 27.2 Å². The predicted molar refractivity (Wildman–Crippen MR) is 80.1 cm³/mol. The smallest absolute Gasteiger partial charge is 0.251 e. The van der Waals surface area contributed by atoms with Gasteiger partial charge in [0.05, 0.1) is 0 Å². The maximum Gasteiger partial charge on any atom is 0.251 e. The van der Waals surface area contributed by atoms with Crippen molar-refractivity contribution < 1.29 is 4.79 Å². The van der Waals surface area contributed by atoms with Crippen LogP contribution in [-0.2, 0) is 0 Å². The molecule has 1 aromatic carbocycles. The maximum atomic E-state index is 12.0. The highest BCUT2D eigenvalue weighted by Gasteiger charge is 2.06. The van der Waals surface area contributed by atoms with Gasteiger partial charge in [-0.25, -0.2) is 0 Å². The summed E-state index contributed by atoms with van der Waals surface area (Å²) >= 11 is 0. The number of pyridine rings is 1. The van der Waals surface area contributed by atoms with Gasteiger partial charge in [-0.05, 0) is 56.7 Å². The van der Waals surface area contributed by atoms with E-state index < -0.39 is 0 Å². The Morgan fingerprint density at radius 3 is 2.80 bits per heavy atom. The molecule has 2 rings (SSSR count). The van der Waals surface area contributed by atoms with Gasteiger partial charge < -0.3 is 15.2 Å². The van der Waals surface area contributed by atoms with Gasteiger partial charge in [-0.2, -0.15) is 0 Å². The first-order chi connectivity index (χ1) is 9.56. The summed E-state index contributed by atoms with van der Waals surface area (Å²) in [6, 6.07) is 8.44. The number of fused-ring (bicyclic) bond motifs is 1. The van der Waals surface area contributed by atoms with Crippen molar-refractivity contribution in [3.8, 4) is 0 Å². The average molecular weight is 273 g/mol. The molecule has 0 aliphatic carbocycles. The molecular formula is C15H19N3O2. The third-order valence-electron chi connectivity index (χ3n) is 3.05. The summed E-state index contributed by atoms with van der Waals surface area (Å²) in [6.45, 7) is 1.60. The zero-order valence-electron chi connectivity index (χ0n) is 11.8. The molecule has 1 heterocycles. The molecule has 0 bridgehead atoms. The molecule has 0 saturated heterocycles. The lowest BCUT2D eigenvalue weighted by Crippen LogP contribution is -2.27. The molecule has 0 atom stereocenters. The summed E-state index contributed by atoms with van der Waals surface area (Å²) in [7, 11) is 4.01. The van der Waals surface area contributed by atoms with E-state index in [9.17, 15) is 9.59 Å². The number of H-pyrrole nitrogens is 1. The van der Waals surface area contributed by atoms with Crippen LogP contribution in [0.2, 0.25) is 0 Å². The van der Waals surface area contributed by atoms with Gasteiger partial charge in [0.15, 0.2) is 0 Å². The molecule has 1 amide bonds. The molecule has 0 spiro atoms. The highest BCUT2D eigenvalue weighted by molar-refractivity contribution is 5.97. The van der Waals surface area contributed by atoms with Crippen molar-refractivity contribution in [2.24, 2.45) is 0 Å². The fraction of sp³-hybridized carbons (Fsp3) is 0.333. The van der Waals surface area contributed by atoms with Crippen molar-refractivity contribution in [3.05, 3.63) is 46.2 Å². The number of aromatic nitrogens is 1. The van der Waals surface area contributed by atoms with Crippen LogP contribution in [0, 0.1) is 0 Å². The SMILES string of the molecule is CN(C)CCCNC(=O)c1ccc2[nH]c(=O)ccc2c1. The Morgan fingerprint density at radius 2 is 2.05 bits per heavy atom. The average Bonchev–Trinajstić information content (AvgIpc) is 2.42. The van der Waals surface area contributed by atoms with Gasteiger partial charge in [-0.3, -0.25) is 9.59 Å². The van der Waals surface area contributed by atoms with Crippen LogP contribution in [0.4, 0.5) is 0 Å². The quantitative estimate of drug-likeness (QED) is 0.805. The zero-order chi connectivity index (χ0) is 14.5. The number of amides is 1. The molecule has 0 aliphatic rings. The number of hydrogen-bond acceptors (Lipinski definition) is 3. The van der Waals surface area contributed by atoms with Crippen molar-refractivity contribution >= 4 is 16.8 Å². The molecule has 2 aromatic rings. The fourth-order valence-corrected chi connectivity index (χ4v) is 1.99. The van der Waals surface area contributed by atoms with Crippen LogP contribution >= 0.6 is 0 Å². The van der Waals surface area contributed by atoms with Crippen LogP contribution in [0.3, 0.4) is 0 Å². The minimum Gasteiger partial charge on any atom is -0.352 e. The number of carbonyl (C=O) groups excluding carboxylic acids is 1. The van der Waals surface area contributed by atoms with Gasteiger partial charge in [-0.15, -0.1) is 0 Å². The van der Waals surface area contributed by atoms with Gasteiger partial charge in [-0.1, -0.05) is 0 Å². The second-order valence-corrected chi connectivity index (χ2v) is 5.04. The Balaban J connectivity index is 2.03. The fourth-order valence-electron chi connectivity index (χ4n) is 1.99. The molecule has 5 nitrogen and oxygen atoms in total. The van der Waals surface area contributed by atoms with Crippen LogP contribution in [0.1, 0.15) is 16.8 Å². The van der Waals surface area contributed by atoms with Crippen LogP contribution in [0.5, 0.6) is 0 Å². The monoisotopic (exact) mass is 273 g/mol. The van der Waals surface area contributed by atoms with E-state index in [-0.39, 0.29) is 11.5 Å². The molecule has 0 aliphatic heterocycles. The molecule has 0 saturated carbocycles. The van der Waals surface area contributed by atoms with Crippen LogP contribution in [-0.4, -0.2) is 43.0 Å². The van der Waals surface area contributed by atoms with E-state index in [4.69, 9.17) is 0 Å². The first-order valence-electron chi connectivity index (χ1n) is 6.62. The highest BCUT2D eigenvalue weighted by atomic mass is 16.1. The Bertz CT molecular complexity index is 661. The second kappa shape index (κ2) is 6.34. The molecule has 1 aromatic heterocycles. The summed E-state index contributed by atoms with van der Waals surface area (Å²) in [5, 5.41) is 3.75. The highest BCUT2D eigenvalue weighted by Crippen LogP contribution is 2.12. The zero-order valence-corrected chi connectivity index (χ0v) is 11.8. The van der Waals surface area contributed by atoms with E-state index in [0.29, 0.717) is 12.1 Å². The minimum atomic E-state index is -0.140. The molecule has 0 unspecified atom stereocenters. The van der Waals surface area contributed by atoms with E-state index >= 15 is 0 Å². The van der Waals surface area contributed by atoms with Gasteiger partial charge >= 0.3 is 0 Å². The van der Waals surface area contributed by atoms with E-state index in [1.165, 1.54) is 6.07 Å². The first kappa shape index (κ1) is 14.3. The predicted octanol–water partition coefficient (Wildman–Crippen LogP) is 1.21. The Hall–Kier alpha value is -2.14. The van der Waals surface area contributed by atoms with Gasteiger partial charge in [0.25, 0.3) is 5.91 Å². The number of nitrogens with zero attached hydrogens (tertiary/aromatic N) is 1. The number of benzene rings is 1. The second-order valence-electron chi connectivity index (χ2n) is 5.04. The topological polar surface area (TPSA) is 65.2 Å². The Morgan fingerprint density at radius 1 is 1.25 bits per heavy atom. The summed E-state index contributed by atoms with van der Waals surface area (Å²) in [4.78, 5) is 28.0. The van der Waals surface area contributed by atoms with Gasteiger partial charge in [0, 0.05) is 23.7 Å². The minimum absolute atomic E-state index is 0.0862. The largest absolute Gasteiger partial charge is 0.352 e. The number of aromatic amines is 1. The lowest BCUT2D eigenvalue weighted by Gasteiger charge is -2.10. The molecular weight excluding hydrogens is 254 g/mol. The number of nitrogens with one attached hydrogen (secondary N) is 2. The van der Waals surface area contributed by atoms with Gasteiger partial charge in [0.2, 0.25) is 5.56 Å². The summed E-state index contributed by atoms with van der Waals surface area (Å²) in [5.74, 6) is -0.0862. The van der Waals surface area contributed by atoms with Crippen molar-refractivity contribution in [2.45, 2.75) is 6.42 Å². The van der Waals surface area contributed by atoms with Crippen molar-refractivity contribution in [3.63, 3.8) is 0 Å². The van der Waals surface area contributed by atoms with Crippen LogP contribution in [0.25, 0.3) is 10.9 Å². The van der Waals surface area contributed by atoms with Crippen LogP contribution < -0.4 is 10.9 Å². The molecule has 2 N–H and O–H groups in total. The van der Waals surface area contributed by atoms with E-state index in [1.807, 2.05) is 14.1 Å². The van der Waals surface area contributed by atoms with E-state index in [0.717, 1.165) is 23.9 Å². The summed E-state index contributed by atoms with van der Waals surface area (Å²) in [6.07, 6.45) is 0.916. The lowest BCUT2D eigenvalue weighted by atomic mass is 10.1. The third kappa shape index (κ3) is 3.68. The molecule has 5 heteroatoms. The van der Waals surface area contributed by atoms with E-state index in [1.54, 1.807) is 24.3 Å². The molecule has 106 valence electrons. The number of rotatable bonds is 5.